The maximum Gasteiger partial charge on any atom is 0.341 e. The number of hydrogen-bond acceptors (Lipinski definition) is 4. The van der Waals surface area contributed by atoms with Crippen LogP contribution in [0.15, 0.2) is 35.4 Å². The van der Waals surface area contributed by atoms with Crippen LogP contribution < -0.4 is 0 Å². The van der Waals surface area contributed by atoms with Crippen molar-refractivity contribution < 1.29 is 9.53 Å². The van der Waals surface area contributed by atoms with Gasteiger partial charge in [-0.25, -0.2) is 4.79 Å². The molecule has 0 bridgehead atoms. The summed E-state index contributed by atoms with van der Waals surface area (Å²) in [4.78, 5) is 14.8. The Morgan fingerprint density at radius 3 is 2.95 bits per heavy atom. The number of rotatable bonds is 3. The van der Waals surface area contributed by atoms with E-state index in [1.807, 2.05) is 37.3 Å². The minimum absolute atomic E-state index is 0.200. The molecule has 0 saturated carbocycles. The van der Waals surface area contributed by atoms with Crippen LogP contribution in [-0.2, 0) is 9.53 Å². The van der Waals surface area contributed by atoms with Crippen molar-refractivity contribution in [2.24, 2.45) is 0 Å². The van der Waals surface area contributed by atoms with Gasteiger partial charge in [0.2, 0.25) is 0 Å². The lowest BCUT2D eigenvalue weighted by Crippen LogP contribution is -2.24. The summed E-state index contributed by atoms with van der Waals surface area (Å²) in [5.41, 5.74) is 1.70. The Balaban J connectivity index is 2.03. The highest BCUT2D eigenvalue weighted by atomic mass is 32.2. The highest BCUT2D eigenvalue weighted by Gasteiger charge is 2.36. The maximum absolute atomic E-state index is 12.4. The van der Waals surface area contributed by atoms with E-state index in [1.54, 1.807) is 11.8 Å². The molecular formula is C16H19NO2S. The molecule has 0 radical (unpaired) electrons. The second-order valence-corrected chi connectivity index (χ2v) is 6.08. The van der Waals surface area contributed by atoms with Gasteiger partial charge in [0.05, 0.1) is 17.2 Å². The van der Waals surface area contributed by atoms with Crippen LogP contribution in [0.25, 0.3) is 5.57 Å². The van der Waals surface area contributed by atoms with E-state index in [4.69, 9.17) is 4.74 Å². The first kappa shape index (κ1) is 13.6. The fraction of sp³-hybridized carbons (Fsp3) is 0.438. The molecule has 0 aliphatic carbocycles. The van der Waals surface area contributed by atoms with Gasteiger partial charge in [0, 0.05) is 18.3 Å². The average molecular weight is 289 g/mol. The minimum Gasteiger partial charge on any atom is -0.462 e. The van der Waals surface area contributed by atoms with Gasteiger partial charge in [-0.1, -0.05) is 30.3 Å². The number of ether oxygens (including phenoxy) is 1. The first-order valence-corrected chi connectivity index (χ1v) is 8.16. The van der Waals surface area contributed by atoms with Crippen molar-refractivity contribution in [1.82, 2.24) is 4.90 Å². The lowest BCUT2D eigenvalue weighted by atomic mass is 10.1. The fourth-order valence-corrected chi connectivity index (χ4v) is 4.34. The zero-order chi connectivity index (χ0) is 13.9. The molecule has 2 fully saturated rings. The Kier molecular flexibility index (Phi) is 4.01. The molecule has 2 aliphatic rings. The number of nitrogens with zero attached hydrogens (tertiary/aromatic N) is 1. The standard InChI is InChI=1S/C16H19NO2S/c1-2-19-16(18)14(12-7-4-3-5-8-12)15-17-10-6-9-13(17)11-20-15/h3-5,7-8,13H,2,6,9-11H2,1H3/b15-14+/t13-/m0/s1. The summed E-state index contributed by atoms with van der Waals surface area (Å²) < 4.78 is 5.28. The summed E-state index contributed by atoms with van der Waals surface area (Å²) in [6, 6.07) is 10.5. The van der Waals surface area contributed by atoms with Gasteiger partial charge in [-0.3, -0.25) is 0 Å². The second kappa shape index (κ2) is 5.92. The van der Waals surface area contributed by atoms with Gasteiger partial charge in [0.1, 0.15) is 0 Å². The quantitative estimate of drug-likeness (QED) is 0.631. The molecular weight excluding hydrogens is 270 g/mol. The van der Waals surface area contributed by atoms with Crippen LogP contribution in [0, 0.1) is 0 Å². The van der Waals surface area contributed by atoms with Crippen LogP contribution >= 0.6 is 11.8 Å². The molecule has 0 aromatic heterocycles. The molecule has 0 unspecified atom stereocenters. The average Bonchev–Trinajstić information content (AvgIpc) is 3.05. The zero-order valence-electron chi connectivity index (χ0n) is 11.7. The molecule has 2 aliphatic heterocycles. The number of hydrogen-bond donors (Lipinski definition) is 0. The summed E-state index contributed by atoms with van der Waals surface area (Å²) in [6.45, 7) is 3.32. The van der Waals surface area contributed by atoms with E-state index in [9.17, 15) is 4.79 Å². The molecule has 0 N–H and O–H groups in total. The molecule has 106 valence electrons. The highest BCUT2D eigenvalue weighted by Crippen LogP contribution is 2.42. The number of fused-ring (bicyclic) bond motifs is 1. The van der Waals surface area contributed by atoms with E-state index in [-0.39, 0.29) is 5.97 Å². The van der Waals surface area contributed by atoms with Gasteiger partial charge >= 0.3 is 5.97 Å². The van der Waals surface area contributed by atoms with E-state index in [0.717, 1.165) is 28.5 Å². The van der Waals surface area contributed by atoms with Crippen molar-refractivity contribution in [2.45, 2.75) is 25.8 Å². The van der Waals surface area contributed by atoms with Crippen molar-refractivity contribution in [3.8, 4) is 0 Å². The lowest BCUT2D eigenvalue weighted by Gasteiger charge is -2.21. The van der Waals surface area contributed by atoms with E-state index < -0.39 is 0 Å². The monoisotopic (exact) mass is 289 g/mol. The molecule has 1 atom stereocenters. The number of carbonyl (C=O) groups excluding carboxylic acids is 1. The summed E-state index contributed by atoms with van der Waals surface area (Å²) in [6.07, 6.45) is 2.46. The van der Waals surface area contributed by atoms with Gasteiger partial charge in [0.15, 0.2) is 0 Å². The largest absolute Gasteiger partial charge is 0.462 e. The van der Waals surface area contributed by atoms with Crippen LogP contribution in [0.1, 0.15) is 25.3 Å². The SMILES string of the molecule is CCOC(=O)/C(=C1/SC[C@@H]2CCCN12)c1ccccc1. The molecule has 2 heterocycles. The van der Waals surface area contributed by atoms with Crippen molar-refractivity contribution in [2.75, 3.05) is 18.9 Å². The smallest absolute Gasteiger partial charge is 0.341 e. The molecule has 3 rings (SSSR count). The van der Waals surface area contributed by atoms with Crippen LogP contribution in [0.3, 0.4) is 0 Å². The highest BCUT2D eigenvalue weighted by molar-refractivity contribution is 8.03. The van der Waals surface area contributed by atoms with Crippen LogP contribution in [-0.4, -0.2) is 35.8 Å². The zero-order valence-corrected chi connectivity index (χ0v) is 12.5. The first-order chi connectivity index (χ1) is 9.81. The number of thioether (sulfide) groups is 1. The minimum atomic E-state index is -0.200. The summed E-state index contributed by atoms with van der Waals surface area (Å²) in [7, 11) is 0. The Morgan fingerprint density at radius 2 is 2.20 bits per heavy atom. The van der Waals surface area contributed by atoms with Crippen LogP contribution in [0.2, 0.25) is 0 Å². The number of carbonyl (C=O) groups is 1. The predicted octanol–water partition coefficient (Wildman–Crippen LogP) is 3.13. The Bertz CT molecular complexity index is 527. The molecule has 2 saturated heterocycles. The third-order valence-corrected chi connectivity index (χ3v) is 5.07. The molecule has 0 spiro atoms. The first-order valence-electron chi connectivity index (χ1n) is 7.17. The summed E-state index contributed by atoms with van der Waals surface area (Å²) in [5.74, 6) is 0.888. The molecule has 1 aromatic rings. The predicted molar refractivity (Wildman–Crippen MR) is 82.2 cm³/mol. The van der Waals surface area contributed by atoms with Gasteiger partial charge in [0.25, 0.3) is 0 Å². The van der Waals surface area contributed by atoms with Gasteiger partial charge < -0.3 is 9.64 Å². The van der Waals surface area contributed by atoms with E-state index in [1.165, 1.54) is 12.8 Å². The van der Waals surface area contributed by atoms with Gasteiger partial charge in [-0.05, 0) is 25.3 Å². The maximum atomic E-state index is 12.4. The normalized spacial score (nSPS) is 23.6. The van der Waals surface area contributed by atoms with Crippen LogP contribution in [0.5, 0.6) is 0 Å². The van der Waals surface area contributed by atoms with E-state index in [2.05, 4.69) is 4.90 Å². The molecule has 0 amide bonds. The van der Waals surface area contributed by atoms with Crippen molar-refractivity contribution in [3.05, 3.63) is 40.9 Å². The van der Waals surface area contributed by atoms with Gasteiger partial charge in [-0.15, -0.1) is 11.8 Å². The third kappa shape index (κ3) is 2.44. The van der Waals surface area contributed by atoms with Crippen LogP contribution in [0.4, 0.5) is 0 Å². The number of esters is 1. The van der Waals surface area contributed by atoms with Crippen molar-refractivity contribution in [1.29, 1.82) is 0 Å². The van der Waals surface area contributed by atoms with E-state index in [0.29, 0.717) is 12.6 Å². The lowest BCUT2D eigenvalue weighted by molar-refractivity contribution is -0.136. The Labute approximate surface area is 124 Å². The number of benzene rings is 1. The fourth-order valence-electron chi connectivity index (χ4n) is 2.89. The Morgan fingerprint density at radius 1 is 1.40 bits per heavy atom. The second-order valence-electron chi connectivity index (χ2n) is 5.07. The molecule has 4 heteroatoms. The summed E-state index contributed by atoms with van der Waals surface area (Å²) in [5, 5.41) is 1.11. The molecule has 1 aromatic carbocycles. The molecule has 20 heavy (non-hydrogen) atoms. The third-order valence-electron chi connectivity index (χ3n) is 3.81. The van der Waals surface area contributed by atoms with Crippen molar-refractivity contribution in [3.63, 3.8) is 0 Å². The summed E-state index contributed by atoms with van der Waals surface area (Å²) >= 11 is 1.80. The van der Waals surface area contributed by atoms with E-state index >= 15 is 0 Å². The van der Waals surface area contributed by atoms with Crippen molar-refractivity contribution >= 4 is 23.3 Å². The topological polar surface area (TPSA) is 29.5 Å². The van der Waals surface area contributed by atoms with Gasteiger partial charge in [-0.2, -0.15) is 0 Å². The Hall–Kier alpha value is -1.42. The molecule has 3 nitrogen and oxygen atoms in total.